The van der Waals surface area contributed by atoms with Crippen LogP contribution in [0.1, 0.15) is 12.0 Å². The summed E-state index contributed by atoms with van der Waals surface area (Å²) in [6.07, 6.45) is -0.277. The zero-order valence-electron chi connectivity index (χ0n) is 14.0. The SMILES string of the molecule is O=C(CCN(Cc1ccc(F)cc1)S(=O)(=O)c1ccc(Br)cc1)N[O-].[Na+]. The van der Waals surface area contributed by atoms with Gasteiger partial charge in [0.25, 0.3) is 0 Å². The summed E-state index contributed by atoms with van der Waals surface area (Å²) in [4.78, 5) is 11.3. The number of carbonyl (C=O) groups excluding carboxylic acids is 1. The Labute approximate surface area is 181 Å². The molecular formula is C16H15BrFN2NaO4S. The molecular weight excluding hydrogens is 438 g/mol. The summed E-state index contributed by atoms with van der Waals surface area (Å²) in [5.41, 5.74) is 1.78. The van der Waals surface area contributed by atoms with E-state index in [4.69, 9.17) is 0 Å². The predicted molar refractivity (Wildman–Crippen MR) is 94.3 cm³/mol. The normalized spacial score (nSPS) is 11.1. The fraction of sp³-hybridized carbons (Fsp3) is 0.188. The molecule has 0 spiro atoms. The van der Waals surface area contributed by atoms with E-state index in [1.165, 1.54) is 41.9 Å². The number of amides is 1. The van der Waals surface area contributed by atoms with Gasteiger partial charge in [0.15, 0.2) is 0 Å². The summed E-state index contributed by atoms with van der Waals surface area (Å²) in [6, 6.07) is 11.4. The van der Waals surface area contributed by atoms with Gasteiger partial charge in [0.2, 0.25) is 15.9 Å². The van der Waals surface area contributed by atoms with Gasteiger partial charge in [-0.15, -0.1) is 0 Å². The molecule has 0 radical (unpaired) electrons. The molecule has 0 aliphatic rings. The molecule has 0 fully saturated rings. The number of rotatable bonds is 7. The van der Waals surface area contributed by atoms with Crippen molar-refractivity contribution in [1.82, 2.24) is 9.79 Å². The molecule has 0 aliphatic heterocycles. The van der Waals surface area contributed by atoms with Crippen LogP contribution in [0.25, 0.3) is 0 Å². The van der Waals surface area contributed by atoms with Gasteiger partial charge in [0.05, 0.1) is 4.90 Å². The minimum absolute atomic E-state index is 0. The first-order valence-electron chi connectivity index (χ1n) is 7.24. The van der Waals surface area contributed by atoms with E-state index in [1.54, 1.807) is 12.1 Å². The molecule has 0 saturated heterocycles. The van der Waals surface area contributed by atoms with Crippen molar-refractivity contribution in [3.63, 3.8) is 0 Å². The van der Waals surface area contributed by atoms with E-state index >= 15 is 0 Å². The van der Waals surface area contributed by atoms with Crippen LogP contribution in [-0.2, 0) is 21.4 Å². The molecule has 0 atom stereocenters. The van der Waals surface area contributed by atoms with E-state index in [-0.39, 0.29) is 54.0 Å². The second-order valence-corrected chi connectivity index (χ2v) is 8.05. The number of nitrogens with one attached hydrogen (secondary N) is 1. The number of hydroxylamine groups is 1. The van der Waals surface area contributed by atoms with Crippen LogP contribution in [0.3, 0.4) is 0 Å². The average Bonchev–Trinajstić information content (AvgIpc) is 2.60. The number of hydrogen-bond donors (Lipinski definition) is 1. The molecule has 1 N–H and O–H groups in total. The monoisotopic (exact) mass is 452 g/mol. The van der Waals surface area contributed by atoms with Gasteiger partial charge >= 0.3 is 29.6 Å². The van der Waals surface area contributed by atoms with E-state index in [1.807, 2.05) is 0 Å². The van der Waals surface area contributed by atoms with Gasteiger partial charge in [0.1, 0.15) is 5.82 Å². The molecule has 134 valence electrons. The average molecular weight is 453 g/mol. The summed E-state index contributed by atoms with van der Waals surface area (Å²) in [5.74, 6) is -1.24. The summed E-state index contributed by atoms with van der Waals surface area (Å²) >= 11 is 3.24. The first-order valence-corrected chi connectivity index (χ1v) is 9.47. The molecule has 10 heteroatoms. The summed E-state index contributed by atoms with van der Waals surface area (Å²) in [6.45, 7) is -0.228. The quantitative estimate of drug-likeness (QED) is 0.464. The molecule has 0 saturated carbocycles. The summed E-state index contributed by atoms with van der Waals surface area (Å²) < 4.78 is 40.5. The Bertz CT molecular complexity index is 832. The van der Waals surface area contributed by atoms with E-state index in [0.717, 1.165) is 8.78 Å². The largest absolute Gasteiger partial charge is 1.00 e. The standard InChI is InChI=1S/C16H15BrFN2O4S.Na/c17-13-3-7-15(8-4-13)25(23,24)20(10-9-16(21)19-22)11-12-1-5-14(18)6-2-12;/h1-8H,9-11H2,(H-,19,21,22);/q-1;+1. The summed E-state index contributed by atoms with van der Waals surface area (Å²) in [5, 5.41) is 10.4. The van der Waals surface area contributed by atoms with Crippen LogP contribution in [0.4, 0.5) is 4.39 Å². The maximum Gasteiger partial charge on any atom is 1.00 e. The third-order valence-corrected chi connectivity index (χ3v) is 5.81. The van der Waals surface area contributed by atoms with Crippen molar-refractivity contribution >= 4 is 31.9 Å². The van der Waals surface area contributed by atoms with Gasteiger partial charge in [-0.25, -0.2) is 12.8 Å². The molecule has 1 amide bonds. The van der Waals surface area contributed by atoms with Crippen LogP contribution in [0.15, 0.2) is 57.9 Å². The number of nitrogens with zero attached hydrogens (tertiary/aromatic N) is 1. The topological polar surface area (TPSA) is 89.5 Å². The molecule has 0 aromatic heterocycles. The smallest absolute Gasteiger partial charge is 0.759 e. The van der Waals surface area contributed by atoms with E-state index in [9.17, 15) is 22.8 Å². The van der Waals surface area contributed by atoms with Crippen LogP contribution in [-0.4, -0.2) is 25.2 Å². The zero-order chi connectivity index (χ0) is 18.4. The van der Waals surface area contributed by atoms with Crippen molar-refractivity contribution in [2.45, 2.75) is 17.9 Å². The van der Waals surface area contributed by atoms with Crippen molar-refractivity contribution in [3.05, 3.63) is 69.6 Å². The number of sulfonamides is 1. The third-order valence-electron chi connectivity index (χ3n) is 3.43. The van der Waals surface area contributed by atoms with Crippen LogP contribution in [0.5, 0.6) is 0 Å². The molecule has 6 nitrogen and oxygen atoms in total. The van der Waals surface area contributed by atoms with Crippen molar-refractivity contribution in [1.29, 1.82) is 0 Å². The zero-order valence-corrected chi connectivity index (χ0v) is 18.4. The van der Waals surface area contributed by atoms with Crippen molar-refractivity contribution in [2.24, 2.45) is 0 Å². The molecule has 0 aliphatic carbocycles. The summed E-state index contributed by atoms with van der Waals surface area (Å²) in [7, 11) is -3.89. The maximum absolute atomic E-state index is 13.0. The van der Waals surface area contributed by atoms with Crippen molar-refractivity contribution in [3.8, 4) is 0 Å². The van der Waals surface area contributed by atoms with E-state index < -0.39 is 21.7 Å². The van der Waals surface area contributed by atoms with Gasteiger partial charge in [-0.05, 0) is 42.0 Å². The van der Waals surface area contributed by atoms with Crippen molar-refractivity contribution in [2.75, 3.05) is 6.54 Å². The molecule has 0 heterocycles. The van der Waals surface area contributed by atoms with Gasteiger partial charge < -0.3 is 10.7 Å². The second-order valence-electron chi connectivity index (χ2n) is 5.19. The predicted octanol–water partition coefficient (Wildman–Crippen LogP) is -0.213. The maximum atomic E-state index is 13.0. The van der Waals surface area contributed by atoms with Gasteiger partial charge in [-0.2, -0.15) is 4.31 Å². The van der Waals surface area contributed by atoms with Gasteiger partial charge in [-0.1, -0.05) is 28.1 Å². The minimum Gasteiger partial charge on any atom is -0.759 e. The number of halogens is 2. The Morgan fingerprint density at radius 3 is 2.23 bits per heavy atom. The Kier molecular flexibility index (Phi) is 9.39. The van der Waals surface area contributed by atoms with Crippen LogP contribution in [0.2, 0.25) is 0 Å². The molecule has 2 aromatic carbocycles. The van der Waals surface area contributed by atoms with Crippen LogP contribution in [0, 0.1) is 11.0 Å². The van der Waals surface area contributed by atoms with E-state index in [2.05, 4.69) is 15.9 Å². The minimum atomic E-state index is -3.89. The van der Waals surface area contributed by atoms with Gasteiger partial charge in [-0.3, -0.25) is 4.79 Å². The molecule has 0 bridgehead atoms. The molecule has 2 aromatic rings. The van der Waals surface area contributed by atoms with Crippen LogP contribution >= 0.6 is 15.9 Å². The number of benzene rings is 2. The Hall–Kier alpha value is -0.810. The molecule has 0 unspecified atom stereocenters. The first-order chi connectivity index (χ1) is 11.8. The fourth-order valence-corrected chi connectivity index (χ4v) is 3.80. The Balaban J connectivity index is 0.00000338. The Morgan fingerprint density at radius 1 is 1.12 bits per heavy atom. The number of carbonyl (C=O) groups is 1. The van der Waals surface area contributed by atoms with Gasteiger partial charge in [0, 0.05) is 24.0 Å². The van der Waals surface area contributed by atoms with Crippen molar-refractivity contribution < 1.29 is 47.2 Å². The fourth-order valence-electron chi connectivity index (χ4n) is 2.11. The third kappa shape index (κ3) is 6.41. The molecule has 26 heavy (non-hydrogen) atoms. The number of hydrogen-bond acceptors (Lipinski definition) is 4. The Morgan fingerprint density at radius 2 is 1.69 bits per heavy atom. The van der Waals surface area contributed by atoms with Crippen LogP contribution < -0.4 is 35.0 Å². The molecule has 2 rings (SSSR count). The first kappa shape index (κ1) is 23.2. The second kappa shape index (κ2) is 10.5. The van der Waals surface area contributed by atoms with E-state index in [0.29, 0.717) is 5.56 Å².